The molecule has 2 aromatic rings. The Kier molecular flexibility index (Phi) is 6.86. The molecule has 1 amide bonds. The van der Waals surface area contributed by atoms with E-state index in [4.69, 9.17) is 9.73 Å². The molecule has 7 heteroatoms. The van der Waals surface area contributed by atoms with Crippen molar-refractivity contribution in [1.82, 2.24) is 4.90 Å². The average molecular weight is 418 g/mol. The lowest BCUT2D eigenvalue weighted by atomic mass is 10.2. The zero-order chi connectivity index (χ0) is 18.6. The van der Waals surface area contributed by atoms with Crippen LogP contribution in [0.3, 0.4) is 0 Å². The van der Waals surface area contributed by atoms with E-state index in [1.54, 1.807) is 11.8 Å². The first-order chi connectivity index (χ1) is 13.2. The van der Waals surface area contributed by atoms with Gasteiger partial charge in [0.05, 0.1) is 6.04 Å². The fourth-order valence-corrected chi connectivity index (χ4v) is 4.14. The summed E-state index contributed by atoms with van der Waals surface area (Å²) in [6.45, 7) is 0. The Bertz CT molecular complexity index is 825. The molecule has 0 radical (unpaired) electrons. The molecular formula is C21H24ClN3O2S. The summed E-state index contributed by atoms with van der Waals surface area (Å²) in [5, 5.41) is 4.06. The summed E-state index contributed by atoms with van der Waals surface area (Å²) in [6, 6.07) is 17.8. The second-order valence-electron chi connectivity index (χ2n) is 6.91. The number of amides is 1. The van der Waals surface area contributed by atoms with E-state index < -0.39 is 0 Å². The number of halogens is 1. The molecule has 2 fully saturated rings. The van der Waals surface area contributed by atoms with Crippen LogP contribution in [0.2, 0.25) is 0 Å². The smallest absolute Gasteiger partial charge is 0.226 e. The highest BCUT2D eigenvalue weighted by Crippen LogP contribution is 2.30. The van der Waals surface area contributed by atoms with Crippen LogP contribution in [0.15, 0.2) is 59.6 Å². The number of thioether (sulfide) groups is 1. The molecule has 1 unspecified atom stereocenters. The number of ether oxygens (including phenoxy) is 1. The van der Waals surface area contributed by atoms with Crippen LogP contribution in [0.1, 0.15) is 19.3 Å². The van der Waals surface area contributed by atoms with Gasteiger partial charge in [-0.05, 0) is 49.2 Å². The SMILES string of the molecule is CN1/C(=N/C2CC2)SCC1CC(=O)Nc1ccc(Oc2ccccc2)cc1.Cl. The Morgan fingerprint density at radius 1 is 1.14 bits per heavy atom. The van der Waals surface area contributed by atoms with Crippen molar-refractivity contribution in [2.75, 3.05) is 18.1 Å². The number of nitrogens with zero attached hydrogens (tertiary/aromatic N) is 2. The monoisotopic (exact) mass is 417 g/mol. The largest absolute Gasteiger partial charge is 0.457 e. The van der Waals surface area contributed by atoms with Crippen LogP contribution in [-0.2, 0) is 4.79 Å². The molecule has 28 heavy (non-hydrogen) atoms. The molecule has 1 N–H and O–H groups in total. The number of hydrogen-bond donors (Lipinski definition) is 1. The number of amidine groups is 1. The van der Waals surface area contributed by atoms with Gasteiger partial charge in [-0.3, -0.25) is 9.79 Å². The second-order valence-corrected chi connectivity index (χ2v) is 7.90. The molecule has 4 rings (SSSR count). The van der Waals surface area contributed by atoms with E-state index in [-0.39, 0.29) is 24.4 Å². The number of aliphatic imine (C=N–C) groups is 1. The Balaban J connectivity index is 0.00000225. The fourth-order valence-electron chi connectivity index (χ4n) is 2.88. The third-order valence-electron chi connectivity index (χ3n) is 4.63. The normalized spacial score (nSPS) is 20.0. The minimum absolute atomic E-state index is 0. The van der Waals surface area contributed by atoms with E-state index in [0.29, 0.717) is 12.5 Å². The van der Waals surface area contributed by atoms with Crippen LogP contribution in [0.5, 0.6) is 11.5 Å². The summed E-state index contributed by atoms with van der Waals surface area (Å²) in [7, 11) is 2.04. The van der Waals surface area contributed by atoms with Crippen LogP contribution in [0.25, 0.3) is 0 Å². The fraction of sp³-hybridized carbons (Fsp3) is 0.333. The topological polar surface area (TPSA) is 53.9 Å². The maximum absolute atomic E-state index is 12.4. The molecule has 0 aromatic heterocycles. The molecule has 1 aliphatic carbocycles. The standard InChI is InChI=1S/C21H23N3O2S.ClH/c1-24-17(14-27-21(24)23-16-7-8-16)13-20(25)22-15-9-11-19(12-10-15)26-18-5-3-2-4-6-18;/h2-6,9-12,16-17H,7-8,13-14H2,1H3,(H,22,25);1H/b23-21-;. The Labute approximate surface area is 176 Å². The minimum Gasteiger partial charge on any atom is -0.457 e. The van der Waals surface area contributed by atoms with Gasteiger partial charge in [0.15, 0.2) is 5.17 Å². The summed E-state index contributed by atoms with van der Waals surface area (Å²) in [5.74, 6) is 2.47. The number of para-hydroxylation sites is 1. The molecule has 1 heterocycles. The lowest BCUT2D eigenvalue weighted by Crippen LogP contribution is -2.33. The molecule has 1 atom stereocenters. The second kappa shape index (κ2) is 9.34. The molecule has 0 bridgehead atoms. The van der Waals surface area contributed by atoms with Crippen LogP contribution in [-0.4, -0.2) is 40.9 Å². The van der Waals surface area contributed by atoms with Gasteiger partial charge in [-0.2, -0.15) is 0 Å². The predicted octanol–water partition coefficient (Wildman–Crippen LogP) is 4.79. The maximum atomic E-state index is 12.4. The lowest BCUT2D eigenvalue weighted by molar-refractivity contribution is -0.116. The molecule has 1 saturated carbocycles. The van der Waals surface area contributed by atoms with Gasteiger partial charge in [0.1, 0.15) is 11.5 Å². The number of carbonyl (C=O) groups is 1. The highest BCUT2D eigenvalue weighted by molar-refractivity contribution is 8.14. The van der Waals surface area contributed by atoms with Crippen molar-refractivity contribution in [2.45, 2.75) is 31.3 Å². The minimum atomic E-state index is 0. The Morgan fingerprint density at radius 2 is 1.82 bits per heavy atom. The van der Waals surface area contributed by atoms with Gasteiger partial charge in [0.25, 0.3) is 0 Å². The molecule has 2 aromatic carbocycles. The van der Waals surface area contributed by atoms with Crippen molar-refractivity contribution in [3.63, 3.8) is 0 Å². The first-order valence-electron chi connectivity index (χ1n) is 9.23. The van der Waals surface area contributed by atoms with Crippen molar-refractivity contribution in [3.8, 4) is 11.5 Å². The maximum Gasteiger partial charge on any atom is 0.226 e. The summed E-state index contributed by atoms with van der Waals surface area (Å²) >= 11 is 1.76. The van der Waals surface area contributed by atoms with E-state index in [1.807, 2.05) is 61.6 Å². The first kappa shape index (κ1) is 20.6. The van der Waals surface area contributed by atoms with E-state index >= 15 is 0 Å². The van der Waals surface area contributed by atoms with Crippen molar-refractivity contribution >= 4 is 40.9 Å². The van der Waals surface area contributed by atoms with Gasteiger partial charge >= 0.3 is 0 Å². The summed E-state index contributed by atoms with van der Waals surface area (Å²) in [5.41, 5.74) is 0.778. The molecule has 1 aliphatic heterocycles. The van der Waals surface area contributed by atoms with Crippen LogP contribution >= 0.6 is 24.2 Å². The highest BCUT2D eigenvalue weighted by Gasteiger charge is 2.31. The number of hydrogen-bond acceptors (Lipinski definition) is 4. The van der Waals surface area contributed by atoms with Gasteiger partial charge < -0.3 is 15.0 Å². The van der Waals surface area contributed by atoms with Gasteiger partial charge in [0.2, 0.25) is 5.91 Å². The molecule has 0 spiro atoms. The van der Waals surface area contributed by atoms with Gasteiger partial charge in [-0.25, -0.2) is 0 Å². The van der Waals surface area contributed by atoms with Gasteiger partial charge in [0, 0.05) is 31.0 Å². The molecule has 2 aliphatic rings. The Hall–Kier alpha value is -2.18. The number of rotatable bonds is 6. The van der Waals surface area contributed by atoms with E-state index in [9.17, 15) is 4.79 Å². The number of benzene rings is 2. The zero-order valence-corrected chi connectivity index (χ0v) is 17.3. The van der Waals surface area contributed by atoms with Crippen molar-refractivity contribution in [3.05, 3.63) is 54.6 Å². The highest BCUT2D eigenvalue weighted by atomic mass is 35.5. The predicted molar refractivity (Wildman–Crippen MR) is 118 cm³/mol. The van der Waals surface area contributed by atoms with Crippen LogP contribution < -0.4 is 10.1 Å². The number of carbonyl (C=O) groups excluding carboxylic acids is 1. The van der Waals surface area contributed by atoms with Gasteiger partial charge in [-0.1, -0.05) is 30.0 Å². The molecule has 5 nitrogen and oxygen atoms in total. The quantitative estimate of drug-likeness (QED) is 0.733. The summed E-state index contributed by atoms with van der Waals surface area (Å²) < 4.78 is 5.77. The van der Waals surface area contributed by atoms with Crippen molar-refractivity contribution < 1.29 is 9.53 Å². The average Bonchev–Trinajstić information content (AvgIpc) is 3.44. The third-order valence-corrected chi connectivity index (χ3v) is 5.84. The van der Waals surface area contributed by atoms with E-state index in [1.165, 1.54) is 12.8 Å². The zero-order valence-electron chi connectivity index (χ0n) is 15.7. The van der Waals surface area contributed by atoms with Crippen LogP contribution in [0.4, 0.5) is 5.69 Å². The van der Waals surface area contributed by atoms with Crippen molar-refractivity contribution in [2.24, 2.45) is 4.99 Å². The van der Waals surface area contributed by atoms with Crippen LogP contribution in [0, 0.1) is 0 Å². The van der Waals surface area contributed by atoms with E-state index in [0.717, 1.165) is 28.1 Å². The molecular weight excluding hydrogens is 394 g/mol. The Morgan fingerprint density at radius 3 is 2.50 bits per heavy atom. The molecule has 1 saturated heterocycles. The van der Waals surface area contributed by atoms with E-state index in [2.05, 4.69) is 10.2 Å². The molecule has 148 valence electrons. The lowest BCUT2D eigenvalue weighted by Gasteiger charge is -2.20. The summed E-state index contributed by atoms with van der Waals surface area (Å²) in [4.78, 5) is 19.3. The number of nitrogens with one attached hydrogen (secondary N) is 1. The van der Waals surface area contributed by atoms with Crippen molar-refractivity contribution in [1.29, 1.82) is 0 Å². The third kappa shape index (κ3) is 5.42. The first-order valence-corrected chi connectivity index (χ1v) is 10.2. The summed E-state index contributed by atoms with van der Waals surface area (Å²) in [6.07, 6.45) is 2.87. The van der Waals surface area contributed by atoms with Gasteiger partial charge in [-0.15, -0.1) is 12.4 Å². The number of anilines is 1.